The second kappa shape index (κ2) is 6.53. The largest absolute Gasteiger partial charge is 0.378 e. The van der Waals surface area contributed by atoms with Crippen molar-refractivity contribution in [2.45, 2.75) is 49.3 Å². The zero-order chi connectivity index (χ0) is 22.6. The molecular formula is C25H26N6O2S. The zero-order valence-corrected chi connectivity index (χ0v) is 19.4. The summed E-state index contributed by atoms with van der Waals surface area (Å²) in [4.78, 5) is 0. The maximum Gasteiger partial charge on any atom is 0.236 e. The van der Waals surface area contributed by atoms with E-state index in [9.17, 15) is 8.42 Å². The zero-order valence-electron chi connectivity index (χ0n) is 18.6. The number of aromatic amines is 2. The van der Waals surface area contributed by atoms with Crippen LogP contribution in [0.2, 0.25) is 0 Å². The van der Waals surface area contributed by atoms with Crippen LogP contribution in [-0.2, 0) is 10.0 Å². The first-order chi connectivity index (χ1) is 16.6. The summed E-state index contributed by atoms with van der Waals surface area (Å²) >= 11 is 0. The fraction of sp³-hybridized carbons (Fsp3) is 0.440. The normalized spacial score (nSPS) is 29.8. The van der Waals surface area contributed by atoms with E-state index in [-0.39, 0.29) is 11.3 Å². The van der Waals surface area contributed by atoms with E-state index >= 15 is 0 Å². The molecule has 4 aromatic rings. The minimum atomic E-state index is -3.37. The highest BCUT2D eigenvalue weighted by Gasteiger charge is 2.54. The van der Waals surface area contributed by atoms with E-state index in [1.54, 1.807) is 0 Å². The van der Waals surface area contributed by atoms with E-state index in [1.165, 1.54) is 41.5 Å². The number of nitrogens with zero attached hydrogens (tertiary/aromatic N) is 2. The molecule has 3 fully saturated rings. The smallest absolute Gasteiger partial charge is 0.236 e. The van der Waals surface area contributed by atoms with Gasteiger partial charge >= 0.3 is 0 Å². The fourth-order valence-corrected chi connectivity index (χ4v) is 8.59. The van der Waals surface area contributed by atoms with Gasteiger partial charge in [0.15, 0.2) is 5.82 Å². The van der Waals surface area contributed by atoms with Crippen molar-refractivity contribution in [1.29, 1.82) is 0 Å². The van der Waals surface area contributed by atoms with Crippen LogP contribution in [0.15, 0.2) is 36.5 Å². The Morgan fingerprint density at radius 2 is 1.76 bits per heavy atom. The Hall–Kier alpha value is -3.07. The van der Waals surface area contributed by atoms with Gasteiger partial charge in [-0.3, -0.25) is 14.9 Å². The van der Waals surface area contributed by atoms with Gasteiger partial charge in [-0.1, -0.05) is 6.07 Å². The Bertz CT molecular complexity index is 1570. The molecule has 8 nitrogen and oxygen atoms in total. The number of H-pyrrole nitrogens is 2. The lowest BCUT2D eigenvalue weighted by molar-refractivity contribution is 0.249. The average molecular weight is 475 g/mol. The molecule has 1 aliphatic heterocycles. The second-order valence-corrected chi connectivity index (χ2v) is 12.6. The minimum absolute atomic E-state index is 0.185. The van der Waals surface area contributed by atoms with Crippen molar-refractivity contribution >= 4 is 43.3 Å². The summed E-state index contributed by atoms with van der Waals surface area (Å²) in [5, 5.41) is 20.5. The maximum atomic E-state index is 12.6. The molecule has 174 valence electrons. The van der Waals surface area contributed by atoms with Crippen LogP contribution >= 0.6 is 0 Å². The molecule has 34 heavy (non-hydrogen) atoms. The Morgan fingerprint density at radius 1 is 0.941 bits per heavy atom. The van der Waals surface area contributed by atoms with Crippen LogP contribution in [-0.4, -0.2) is 34.1 Å². The molecule has 5 atom stereocenters. The third kappa shape index (κ3) is 2.61. The van der Waals surface area contributed by atoms with Gasteiger partial charge in [-0.25, -0.2) is 8.42 Å². The van der Waals surface area contributed by atoms with E-state index in [2.05, 4.69) is 54.7 Å². The van der Waals surface area contributed by atoms with Crippen molar-refractivity contribution in [3.63, 3.8) is 0 Å². The molecule has 2 aromatic heterocycles. The van der Waals surface area contributed by atoms with Crippen molar-refractivity contribution in [1.82, 2.24) is 20.4 Å². The molecule has 2 aromatic carbocycles. The predicted octanol–water partition coefficient (Wildman–Crippen LogP) is 4.64. The van der Waals surface area contributed by atoms with Crippen molar-refractivity contribution in [3.05, 3.63) is 47.7 Å². The van der Waals surface area contributed by atoms with E-state index < -0.39 is 10.0 Å². The third-order valence-corrected chi connectivity index (χ3v) is 10.7. The van der Waals surface area contributed by atoms with Gasteiger partial charge in [0.25, 0.3) is 0 Å². The van der Waals surface area contributed by atoms with Gasteiger partial charge in [-0.2, -0.15) is 10.2 Å². The topological polar surface area (TPSA) is 116 Å². The number of sulfonamides is 1. The van der Waals surface area contributed by atoms with Crippen LogP contribution in [0.4, 0.5) is 11.5 Å². The van der Waals surface area contributed by atoms with E-state index in [0.29, 0.717) is 23.6 Å². The second-order valence-electron chi connectivity index (χ2n) is 10.6. The number of fused-ring (bicyclic) bond motifs is 10. The van der Waals surface area contributed by atoms with Crippen LogP contribution < -0.4 is 10.0 Å². The lowest BCUT2D eigenvalue weighted by atomic mass is 9.67. The summed E-state index contributed by atoms with van der Waals surface area (Å²) < 4.78 is 27.9. The first-order valence-electron chi connectivity index (χ1n) is 12.3. The van der Waals surface area contributed by atoms with Crippen molar-refractivity contribution in [3.8, 4) is 0 Å². The summed E-state index contributed by atoms with van der Waals surface area (Å²) in [6.07, 6.45) is 7.32. The Labute approximate surface area is 196 Å². The first kappa shape index (κ1) is 19.3. The van der Waals surface area contributed by atoms with Crippen LogP contribution in [0.1, 0.15) is 55.2 Å². The predicted molar refractivity (Wildman–Crippen MR) is 131 cm³/mol. The third-order valence-electron chi connectivity index (χ3n) is 8.82. The van der Waals surface area contributed by atoms with Gasteiger partial charge in [0.05, 0.1) is 28.5 Å². The minimum Gasteiger partial charge on any atom is -0.378 e. The molecule has 4 N–H and O–H groups in total. The lowest BCUT2D eigenvalue weighted by Gasteiger charge is -2.43. The van der Waals surface area contributed by atoms with E-state index in [4.69, 9.17) is 0 Å². The summed E-state index contributed by atoms with van der Waals surface area (Å²) in [5.74, 6) is 2.87. The van der Waals surface area contributed by atoms with Gasteiger partial charge in [0.2, 0.25) is 10.0 Å². The van der Waals surface area contributed by atoms with Crippen LogP contribution in [0, 0.1) is 17.8 Å². The van der Waals surface area contributed by atoms with Crippen molar-refractivity contribution in [2.75, 3.05) is 10.0 Å². The van der Waals surface area contributed by atoms with Gasteiger partial charge in [-0.15, -0.1) is 0 Å². The first-order valence-corrected chi connectivity index (χ1v) is 13.8. The lowest BCUT2D eigenvalue weighted by Crippen LogP contribution is -2.35. The molecule has 3 saturated carbocycles. The molecule has 0 radical (unpaired) electrons. The summed E-state index contributed by atoms with van der Waals surface area (Å²) in [7, 11) is -3.37. The quantitative estimate of drug-likeness (QED) is 0.344. The van der Waals surface area contributed by atoms with Crippen LogP contribution in [0.25, 0.3) is 21.8 Å². The molecule has 0 saturated heterocycles. The van der Waals surface area contributed by atoms with Crippen LogP contribution in [0.3, 0.4) is 0 Å². The number of benzene rings is 2. The number of anilines is 2. The van der Waals surface area contributed by atoms with Crippen molar-refractivity contribution < 1.29 is 8.42 Å². The van der Waals surface area contributed by atoms with Crippen molar-refractivity contribution in [2.24, 2.45) is 17.8 Å². The molecule has 8 rings (SSSR count). The molecule has 9 heteroatoms. The maximum absolute atomic E-state index is 12.6. The monoisotopic (exact) mass is 474 g/mol. The van der Waals surface area contributed by atoms with E-state index in [1.807, 2.05) is 12.3 Å². The molecular weight excluding hydrogens is 448 g/mol. The summed E-state index contributed by atoms with van der Waals surface area (Å²) in [6.45, 7) is 0. The number of nitrogens with one attached hydrogen (secondary N) is 4. The molecule has 4 aliphatic rings. The molecule has 0 amide bonds. The standard InChI is InChI=1S/C25H26N6O2S/c32-34(33,15-4-5-15)31-25-16-10-14(3-6-18(16)29-30-25)24-22-13-2-1-12(9-13)21(22)23-17-11-26-28-19(17)7-8-20(23)27-24/h3,6-8,10-13,15,21-22,24,27H,1-2,4-5,9H2,(H,26,28)(H2,29,30,31)/t12-,13-,21+,22-,24+/m1/s1. The van der Waals surface area contributed by atoms with Gasteiger partial charge in [0, 0.05) is 16.5 Å². The highest BCUT2D eigenvalue weighted by Crippen LogP contribution is 2.64. The van der Waals surface area contributed by atoms with Gasteiger partial charge in [0.1, 0.15) is 0 Å². The summed E-state index contributed by atoms with van der Waals surface area (Å²) in [6, 6.07) is 10.8. The molecule has 3 aliphatic carbocycles. The molecule has 3 heterocycles. The van der Waals surface area contributed by atoms with Gasteiger partial charge < -0.3 is 5.32 Å². The highest BCUT2D eigenvalue weighted by atomic mass is 32.2. The fourth-order valence-electron chi connectivity index (χ4n) is 7.24. The Balaban J connectivity index is 1.24. The molecule has 2 bridgehead atoms. The Morgan fingerprint density at radius 3 is 2.65 bits per heavy atom. The Kier molecular flexibility index (Phi) is 3.70. The van der Waals surface area contributed by atoms with Crippen LogP contribution in [0.5, 0.6) is 0 Å². The van der Waals surface area contributed by atoms with Gasteiger partial charge in [-0.05, 0) is 91.2 Å². The molecule has 0 unspecified atom stereocenters. The number of aromatic nitrogens is 4. The average Bonchev–Trinajstić information content (AvgIpc) is 3.17. The van der Waals surface area contributed by atoms with E-state index in [0.717, 1.165) is 35.2 Å². The number of rotatable bonds is 4. The highest BCUT2D eigenvalue weighted by molar-refractivity contribution is 7.93. The SMILES string of the molecule is O=S(=O)(Nc1n[nH]c2ccc([C@@H]3Nc4ccc5[nH]ncc5c4[C@H]4[C@@H]5CC[C@H](C5)[C@H]43)cc12)C1CC1. The molecule has 0 spiro atoms. The number of hydrogen-bond donors (Lipinski definition) is 4. The summed E-state index contributed by atoms with van der Waals surface area (Å²) in [5.41, 5.74) is 5.78. The number of hydrogen-bond acceptors (Lipinski definition) is 5.